The van der Waals surface area contributed by atoms with E-state index in [9.17, 15) is 0 Å². The maximum atomic E-state index is 6.21. The predicted octanol–water partition coefficient (Wildman–Crippen LogP) is 1.90. The molecule has 1 atom stereocenters. The number of halogens is 1. The molecule has 0 saturated heterocycles. The number of aromatic nitrogens is 3. The Kier molecular flexibility index (Phi) is 4.94. The minimum absolute atomic E-state index is 0.311. The molecule has 2 heterocycles. The molecule has 7 heteroatoms. The van der Waals surface area contributed by atoms with Gasteiger partial charge in [-0.2, -0.15) is 5.10 Å². The number of rotatable bonds is 6. The molecular weight excluding hydrogens is 278 g/mol. The lowest BCUT2D eigenvalue weighted by Crippen LogP contribution is -2.31. The highest BCUT2D eigenvalue weighted by Crippen LogP contribution is 2.32. The van der Waals surface area contributed by atoms with Gasteiger partial charge < -0.3 is 4.74 Å². The van der Waals surface area contributed by atoms with Gasteiger partial charge in [-0.25, -0.2) is 5.43 Å². The Bertz CT molecular complexity index is 572. The highest BCUT2D eigenvalue weighted by atomic mass is 35.5. The van der Waals surface area contributed by atoms with E-state index in [-0.39, 0.29) is 6.04 Å². The summed E-state index contributed by atoms with van der Waals surface area (Å²) in [7, 11) is 1.61. The van der Waals surface area contributed by atoms with Crippen LogP contribution in [0.3, 0.4) is 0 Å². The number of ether oxygens (including phenoxy) is 1. The van der Waals surface area contributed by atoms with E-state index in [2.05, 4.69) is 22.4 Å². The third-order valence-corrected chi connectivity index (χ3v) is 3.37. The summed E-state index contributed by atoms with van der Waals surface area (Å²) in [6.07, 6.45) is 5.91. The molecule has 3 N–H and O–H groups in total. The van der Waals surface area contributed by atoms with Crippen LogP contribution < -0.4 is 16.0 Å². The largest absolute Gasteiger partial charge is 0.493 e. The monoisotopic (exact) mass is 295 g/mol. The standard InChI is InChI=1S/C13H18ClN5O/c1-3-6-19-13(11(20-2)8-17-19)12(18-15)9-4-5-16-7-10(9)14/h4-5,7-8,12,18H,3,6,15H2,1-2H3. The number of nitrogens with two attached hydrogens (primary N) is 1. The normalized spacial score (nSPS) is 12.4. The van der Waals surface area contributed by atoms with Crippen LogP contribution in [-0.4, -0.2) is 21.9 Å². The van der Waals surface area contributed by atoms with Crippen LogP contribution in [0, 0.1) is 0 Å². The highest BCUT2D eigenvalue weighted by molar-refractivity contribution is 6.31. The van der Waals surface area contributed by atoms with Crippen LogP contribution in [0.25, 0.3) is 0 Å². The van der Waals surface area contributed by atoms with E-state index < -0.39 is 0 Å². The van der Waals surface area contributed by atoms with E-state index in [4.69, 9.17) is 22.2 Å². The first-order valence-electron chi connectivity index (χ1n) is 6.38. The van der Waals surface area contributed by atoms with E-state index >= 15 is 0 Å². The summed E-state index contributed by atoms with van der Waals surface area (Å²) in [5.41, 5.74) is 4.47. The topological polar surface area (TPSA) is 78.0 Å². The first-order valence-corrected chi connectivity index (χ1v) is 6.75. The van der Waals surface area contributed by atoms with Crippen LogP contribution >= 0.6 is 11.6 Å². The number of aryl methyl sites for hydroxylation is 1. The summed E-state index contributed by atoms with van der Waals surface area (Å²) in [5.74, 6) is 6.40. The highest BCUT2D eigenvalue weighted by Gasteiger charge is 2.24. The number of nitrogens with zero attached hydrogens (tertiary/aromatic N) is 3. The van der Waals surface area contributed by atoms with Crippen LogP contribution in [0.2, 0.25) is 5.02 Å². The number of methoxy groups -OCH3 is 1. The number of hydrogen-bond acceptors (Lipinski definition) is 5. The van der Waals surface area contributed by atoms with Crippen LogP contribution in [0.15, 0.2) is 24.7 Å². The summed E-state index contributed by atoms with van der Waals surface area (Å²) in [5, 5.41) is 4.88. The van der Waals surface area contributed by atoms with Crippen molar-refractivity contribution >= 4 is 11.6 Å². The van der Waals surface area contributed by atoms with Gasteiger partial charge in [0.25, 0.3) is 0 Å². The Labute approximate surface area is 122 Å². The molecule has 1 unspecified atom stereocenters. The Balaban J connectivity index is 2.51. The molecule has 0 radical (unpaired) electrons. The first-order chi connectivity index (χ1) is 9.72. The predicted molar refractivity (Wildman–Crippen MR) is 77.5 cm³/mol. The second-order valence-electron chi connectivity index (χ2n) is 4.32. The van der Waals surface area contributed by atoms with Gasteiger partial charge in [-0.1, -0.05) is 18.5 Å². The molecule has 0 aliphatic heterocycles. The maximum Gasteiger partial charge on any atom is 0.161 e. The van der Waals surface area contributed by atoms with Gasteiger partial charge in [0.05, 0.1) is 24.4 Å². The van der Waals surface area contributed by atoms with Crippen molar-refractivity contribution in [3.8, 4) is 5.75 Å². The first kappa shape index (κ1) is 14.8. The van der Waals surface area contributed by atoms with Gasteiger partial charge in [0.15, 0.2) is 5.75 Å². The van der Waals surface area contributed by atoms with Crippen LogP contribution in [0.1, 0.15) is 30.6 Å². The Hall–Kier alpha value is -1.63. The molecule has 0 saturated carbocycles. The molecule has 6 nitrogen and oxygen atoms in total. The molecule has 0 spiro atoms. The molecule has 0 aliphatic carbocycles. The van der Waals surface area contributed by atoms with Gasteiger partial charge in [-0.05, 0) is 18.1 Å². The average Bonchev–Trinajstić information content (AvgIpc) is 2.85. The Morgan fingerprint density at radius 1 is 1.50 bits per heavy atom. The number of nitrogens with one attached hydrogen (secondary N) is 1. The fourth-order valence-corrected chi connectivity index (χ4v) is 2.38. The van der Waals surface area contributed by atoms with Crippen molar-refractivity contribution in [2.75, 3.05) is 7.11 Å². The van der Waals surface area contributed by atoms with E-state index in [0.717, 1.165) is 24.2 Å². The van der Waals surface area contributed by atoms with Crippen molar-refractivity contribution in [1.29, 1.82) is 0 Å². The second-order valence-corrected chi connectivity index (χ2v) is 4.73. The lowest BCUT2D eigenvalue weighted by Gasteiger charge is -2.20. The Morgan fingerprint density at radius 2 is 2.30 bits per heavy atom. The SMILES string of the molecule is CCCn1ncc(OC)c1C(NN)c1ccncc1Cl. The summed E-state index contributed by atoms with van der Waals surface area (Å²) in [6, 6.07) is 1.52. The van der Waals surface area contributed by atoms with Crippen molar-refractivity contribution in [3.63, 3.8) is 0 Å². The van der Waals surface area contributed by atoms with E-state index in [1.165, 1.54) is 0 Å². The zero-order chi connectivity index (χ0) is 14.5. The van der Waals surface area contributed by atoms with Gasteiger partial charge >= 0.3 is 0 Å². The van der Waals surface area contributed by atoms with Gasteiger partial charge in [-0.15, -0.1) is 0 Å². The van der Waals surface area contributed by atoms with Crippen molar-refractivity contribution in [1.82, 2.24) is 20.2 Å². The molecule has 0 aliphatic rings. The van der Waals surface area contributed by atoms with Crippen molar-refractivity contribution in [2.45, 2.75) is 25.9 Å². The number of hydrogen-bond donors (Lipinski definition) is 2. The summed E-state index contributed by atoms with van der Waals surface area (Å²) in [6.45, 7) is 2.86. The second kappa shape index (κ2) is 6.69. The van der Waals surface area contributed by atoms with Gasteiger partial charge in [0.1, 0.15) is 5.69 Å². The quantitative estimate of drug-likeness (QED) is 0.629. The molecule has 20 heavy (non-hydrogen) atoms. The fourth-order valence-electron chi connectivity index (χ4n) is 2.15. The zero-order valence-electron chi connectivity index (χ0n) is 11.5. The molecule has 0 amide bonds. The Morgan fingerprint density at radius 3 is 2.90 bits per heavy atom. The molecule has 2 aromatic rings. The van der Waals surface area contributed by atoms with E-state index in [1.807, 2.05) is 10.7 Å². The van der Waals surface area contributed by atoms with Crippen LogP contribution in [0.4, 0.5) is 0 Å². The molecule has 2 aromatic heterocycles. The van der Waals surface area contributed by atoms with E-state index in [1.54, 1.807) is 25.7 Å². The van der Waals surface area contributed by atoms with Crippen molar-refractivity contribution in [2.24, 2.45) is 5.84 Å². The van der Waals surface area contributed by atoms with E-state index in [0.29, 0.717) is 10.8 Å². The molecule has 0 aromatic carbocycles. The van der Waals surface area contributed by atoms with Crippen LogP contribution in [-0.2, 0) is 6.54 Å². The maximum absolute atomic E-state index is 6.21. The fraction of sp³-hybridized carbons (Fsp3) is 0.385. The smallest absolute Gasteiger partial charge is 0.161 e. The summed E-state index contributed by atoms with van der Waals surface area (Å²) >= 11 is 6.21. The number of hydrazine groups is 1. The molecule has 2 rings (SSSR count). The number of pyridine rings is 1. The minimum atomic E-state index is -0.311. The van der Waals surface area contributed by atoms with Crippen molar-refractivity contribution in [3.05, 3.63) is 40.9 Å². The molecule has 0 bridgehead atoms. The van der Waals surface area contributed by atoms with Gasteiger partial charge in [0.2, 0.25) is 0 Å². The van der Waals surface area contributed by atoms with Crippen LogP contribution in [0.5, 0.6) is 5.75 Å². The molecule has 108 valence electrons. The third-order valence-electron chi connectivity index (χ3n) is 3.06. The zero-order valence-corrected chi connectivity index (χ0v) is 12.3. The summed E-state index contributed by atoms with van der Waals surface area (Å²) < 4.78 is 7.25. The van der Waals surface area contributed by atoms with Crippen molar-refractivity contribution < 1.29 is 4.74 Å². The third kappa shape index (κ3) is 2.77. The van der Waals surface area contributed by atoms with Gasteiger partial charge in [0, 0.05) is 18.9 Å². The molecular formula is C13H18ClN5O. The lowest BCUT2D eigenvalue weighted by atomic mass is 10.1. The lowest BCUT2D eigenvalue weighted by molar-refractivity contribution is 0.398. The minimum Gasteiger partial charge on any atom is -0.493 e. The molecule has 0 fully saturated rings. The van der Waals surface area contributed by atoms with Gasteiger partial charge in [-0.3, -0.25) is 15.5 Å². The average molecular weight is 296 g/mol. The summed E-state index contributed by atoms with van der Waals surface area (Å²) in [4.78, 5) is 3.99.